The van der Waals surface area contributed by atoms with Crippen LogP contribution in [0.25, 0.3) is 5.69 Å². The molecule has 0 bridgehead atoms. The number of rotatable bonds is 5. The molecule has 1 N–H and O–H groups in total. The minimum atomic E-state index is -0.279. The predicted molar refractivity (Wildman–Crippen MR) is 125 cm³/mol. The lowest BCUT2D eigenvalue weighted by molar-refractivity contribution is 0.0954. The number of carbonyl (C=O) groups excluding carboxylic acids is 1. The lowest BCUT2D eigenvalue weighted by Crippen LogP contribution is -2.17. The number of halogens is 1. The summed E-state index contributed by atoms with van der Waals surface area (Å²) in [5.41, 5.74) is 9.88. The third kappa shape index (κ3) is 4.53. The maximum absolute atomic E-state index is 12.4. The highest BCUT2D eigenvalue weighted by atomic mass is 127. The quantitative estimate of drug-likeness (QED) is 0.301. The Morgan fingerprint density at radius 3 is 2.52 bits per heavy atom. The Morgan fingerprint density at radius 1 is 1.07 bits per heavy atom. The molecule has 0 unspecified atom stereocenters. The van der Waals surface area contributed by atoms with E-state index in [9.17, 15) is 4.79 Å². The highest BCUT2D eigenvalue weighted by molar-refractivity contribution is 14.1. The molecule has 0 aliphatic rings. The summed E-state index contributed by atoms with van der Waals surface area (Å²) in [4.78, 5) is 12.4. The van der Waals surface area contributed by atoms with E-state index in [1.807, 2.05) is 6.07 Å². The van der Waals surface area contributed by atoms with E-state index in [1.165, 1.54) is 11.1 Å². The van der Waals surface area contributed by atoms with E-state index in [0.717, 1.165) is 26.2 Å². The molecule has 2 aromatic carbocycles. The number of carbonyl (C=O) groups is 1. The molecule has 1 amide bonds. The number of nitrogens with zero attached hydrogens (tertiary/aromatic N) is 2. The smallest absolute Gasteiger partial charge is 0.271 e. The summed E-state index contributed by atoms with van der Waals surface area (Å²) >= 11 is 2.17. The number of benzene rings is 2. The van der Waals surface area contributed by atoms with Crippen LogP contribution in [0.2, 0.25) is 0 Å². The van der Waals surface area contributed by atoms with Crippen LogP contribution in [-0.4, -0.2) is 23.8 Å². The summed E-state index contributed by atoms with van der Waals surface area (Å²) in [5.74, 6) is 0.387. The van der Waals surface area contributed by atoms with E-state index < -0.39 is 0 Å². The van der Waals surface area contributed by atoms with Crippen LogP contribution in [0.5, 0.6) is 5.75 Å². The molecule has 0 radical (unpaired) electrons. The van der Waals surface area contributed by atoms with Crippen LogP contribution in [0, 0.1) is 31.3 Å². The van der Waals surface area contributed by atoms with Crippen LogP contribution in [0.3, 0.4) is 0 Å². The topological polar surface area (TPSA) is 55.6 Å². The Kier molecular flexibility index (Phi) is 6.42. The van der Waals surface area contributed by atoms with Crippen molar-refractivity contribution in [3.63, 3.8) is 0 Å². The number of amides is 1. The minimum absolute atomic E-state index is 0.279. The average Bonchev–Trinajstić information content (AvgIpc) is 2.97. The molecule has 5 nitrogen and oxygen atoms in total. The maximum Gasteiger partial charge on any atom is 0.271 e. The average molecular weight is 501 g/mol. The lowest BCUT2D eigenvalue weighted by Gasteiger charge is -2.11. The van der Waals surface area contributed by atoms with Gasteiger partial charge in [-0.05, 0) is 97.8 Å². The van der Waals surface area contributed by atoms with Crippen molar-refractivity contribution in [1.29, 1.82) is 0 Å². The summed E-state index contributed by atoms with van der Waals surface area (Å²) in [7, 11) is 1.59. The molecule has 0 fully saturated rings. The molecule has 0 aliphatic heterocycles. The number of aromatic nitrogens is 1. The van der Waals surface area contributed by atoms with E-state index in [-0.39, 0.29) is 5.91 Å². The second kappa shape index (κ2) is 8.82. The summed E-state index contributed by atoms with van der Waals surface area (Å²) in [6.07, 6.45) is 1.68. The van der Waals surface area contributed by atoms with Gasteiger partial charge in [0.2, 0.25) is 0 Å². The largest absolute Gasteiger partial charge is 0.496 e. The number of ether oxygens (including phenoxy) is 1. The van der Waals surface area contributed by atoms with Crippen molar-refractivity contribution in [1.82, 2.24) is 9.99 Å². The van der Waals surface area contributed by atoms with Gasteiger partial charge < -0.3 is 9.30 Å². The Bertz CT molecular complexity index is 1100. The van der Waals surface area contributed by atoms with E-state index in [4.69, 9.17) is 4.74 Å². The fourth-order valence-electron chi connectivity index (χ4n) is 3.21. The molecule has 29 heavy (non-hydrogen) atoms. The third-order valence-electron chi connectivity index (χ3n) is 5.00. The molecule has 0 atom stereocenters. The zero-order chi connectivity index (χ0) is 21.1. The number of hydrogen-bond donors (Lipinski definition) is 1. The molecular formula is C23H24IN3O2. The fraction of sp³-hybridized carbons (Fsp3) is 0.217. The summed E-state index contributed by atoms with van der Waals surface area (Å²) < 4.78 is 8.41. The molecule has 0 saturated carbocycles. The molecule has 0 saturated heterocycles. The summed E-state index contributed by atoms with van der Waals surface area (Å²) in [5, 5.41) is 4.16. The van der Waals surface area contributed by atoms with E-state index >= 15 is 0 Å². The van der Waals surface area contributed by atoms with Crippen molar-refractivity contribution in [3.8, 4) is 11.4 Å². The normalized spacial score (nSPS) is 11.1. The van der Waals surface area contributed by atoms with Crippen molar-refractivity contribution < 1.29 is 9.53 Å². The van der Waals surface area contributed by atoms with Crippen LogP contribution in [-0.2, 0) is 0 Å². The van der Waals surface area contributed by atoms with E-state index in [1.54, 1.807) is 25.5 Å². The Hall–Kier alpha value is -2.61. The molecular weight excluding hydrogens is 477 g/mol. The molecule has 1 heterocycles. The van der Waals surface area contributed by atoms with Gasteiger partial charge in [-0.15, -0.1) is 0 Å². The van der Waals surface area contributed by atoms with Crippen molar-refractivity contribution in [3.05, 3.63) is 79.7 Å². The van der Waals surface area contributed by atoms with Crippen LogP contribution < -0.4 is 10.2 Å². The van der Waals surface area contributed by atoms with Gasteiger partial charge in [0.05, 0.1) is 16.9 Å². The van der Waals surface area contributed by atoms with Crippen molar-refractivity contribution >= 4 is 34.7 Å². The molecule has 6 heteroatoms. The first-order chi connectivity index (χ1) is 13.8. The zero-order valence-electron chi connectivity index (χ0n) is 17.2. The second-order valence-corrected chi connectivity index (χ2v) is 8.14. The van der Waals surface area contributed by atoms with Gasteiger partial charge in [0.15, 0.2) is 0 Å². The fourth-order valence-corrected chi connectivity index (χ4v) is 3.76. The lowest BCUT2D eigenvalue weighted by atomic mass is 10.1. The minimum Gasteiger partial charge on any atom is -0.496 e. The van der Waals surface area contributed by atoms with Gasteiger partial charge in [-0.3, -0.25) is 4.79 Å². The first-order valence-corrected chi connectivity index (χ1v) is 10.3. The maximum atomic E-state index is 12.4. The molecule has 3 aromatic rings. The Balaban J connectivity index is 1.79. The number of methoxy groups -OCH3 is 1. The van der Waals surface area contributed by atoms with Gasteiger partial charge in [-0.25, -0.2) is 5.43 Å². The van der Waals surface area contributed by atoms with Gasteiger partial charge in [-0.2, -0.15) is 5.10 Å². The number of hydrazone groups is 1. The standard InChI is InChI=1S/C23H24IN3O2/c1-14-6-8-20(10-15(14)2)27-16(3)11-19(17(27)4)13-25-26-23(28)18-7-9-21(24)22(12-18)29-5/h6-13H,1-5H3,(H,26,28)/b25-13-. The number of aryl methyl sites for hydroxylation is 3. The molecule has 150 valence electrons. The predicted octanol–water partition coefficient (Wildman–Crippen LogP) is 5.09. The van der Waals surface area contributed by atoms with E-state index in [0.29, 0.717) is 11.3 Å². The van der Waals surface area contributed by atoms with Gasteiger partial charge in [0.1, 0.15) is 5.75 Å². The SMILES string of the molecule is COc1cc(C(=O)N/N=C\c2cc(C)n(-c3ccc(C)c(C)c3)c2C)ccc1I. The number of hydrogen-bond acceptors (Lipinski definition) is 3. The van der Waals surface area contributed by atoms with Crippen LogP contribution in [0.15, 0.2) is 47.6 Å². The Labute approximate surface area is 184 Å². The first-order valence-electron chi connectivity index (χ1n) is 9.25. The second-order valence-electron chi connectivity index (χ2n) is 6.98. The molecule has 1 aromatic heterocycles. The van der Waals surface area contributed by atoms with Gasteiger partial charge >= 0.3 is 0 Å². The molecule has 0 spiro atoms. The highest BCUT2D eigenvalue weighted by Crippen LogP contribution is 2.23. The molecule has 0 aliphatic carbocycles. The van der Waals surface area contributed by atoms with Crippen molar-refractivity contribution in [2.75, 3.05) is 7.11 Å². The first kappa shape index (κ1) is 21.1. The van der Waals surface area contributed by atoms with Gasteiger partial charge in [-0.1, -0.05) is 6.07 Å². The van der Waals surface area contributed by atoms with Crippen LogP contribution in [0.1, 0.15) is 38.4 Å². The monoisotopic (exact) mass is 501 g/mol. The van der Waals surface area contributed by atoms with Crippen molar-refractivity contribution in [2.24, 2.45) is 5.10 Å². The van der Waals surface area contributed by atoms with E-state index in [2.05, 4.69) is 89.6 Å². The van der Waals surface area contributed by atoms with Crippen LogP contribution >= 0.6 is 22.6 Å². The van der Waals surface area contributed by atoms with Crippen molar-refractivity contribution in [2.45, 2.75) is 27.7 Å². The van der Waals surface area contributed by atoms with Gasteiger partial charge in [0, 0.05) is 28.2 Å². The Morgan fingerprint density at radius 2 is 1.83 bits per heavy atom. The summed E-state index contributed by atoms with van der Waals surface area (Å²) in [6, 6.07) is 13.8. The molecule has 3 rings (SSSR count). The third-order valence-corrected chi connectivity index (χ3v) is 5.89. The summed E-state index contributed by atoms with van der Waals surface area (Å²) in [6.45, 7) is 8.34. The number of nitrogens with one attached hydrogen (secondary N) is 1. The zero-order valence-corrected chi connectivity index (χ0v) is 19.4. The highest BCUT2D eigenvalue weighted by Gasteiger charge is 2.11. The van der Waals surface area contributed by atoms with Crippen LogP contribution in [0.4, 0.5) is 0 Å². The van der Waals surface area contributed by atoms with Gasteiger partial charge in [0.25, 0.3) is 5.91 Å².